The van der Waals surface area contributed by atoms with Crippen LogP contribution in [0.3, 0.4) is 0 Å². The van der Waals surface area contributed by atoms with Crippen molar-refractivity contribution in [3.63, 3.8) is 0 Å². The van der Waals surface area contributed by atoms with Gasteiger partial charge in [0.15, 0.2) is 0 Å². The molecule has 4 nitrogen and oxygen atoms in total. The van der Waals surface area contributed by atoms with Gasteiger partial charge in [0.1, 0.15) is 10.5 Å². The molecule has 0 spiro atoms. The first-order valence-electron chi connectivity index (χ1n) is 6.07. The molecule has 1 N–H and O–H groups in total. The largest absolute Gasteiger partial charge is 0.382 e. The molecule has 6 heteroatoms. The number of hydrogen-bond donors (Lipinski definition) is 1. The summed E-state index contributed by atoms with van der Waals surface area (Å²) < 4.78 is 11.9. The van der Waals surface area contributed by atoms with Crippen molar-refractivity contribution >= 4 is 28.1 Å². The second kappa shape index (κ2) is 6.75. The average molecular weight is 333 g/mol. The van der Waals surface area contributed by atoms with Crippen LogP contribution in [0.2, 0.25) is 0 Å². The molecule has 0 aromatic carbocycles. The Hall–Kier alpha value is -0.300. The first kappa shape index (κ1) is 14.1. The van der Waals surface area contributed by atoms with Crippen molar-refractivity contribution in [1.29, 1.82) is 0 Å². The summed E-state index contributed by atoms with van der Waals surface area (Å²) in [6.45, 7) is 1.87. The number of ether oxygens (including phenoxy) is 2. The minimum Gasteiger partial charge on any atom is -0.382 e. The molecule has 0 aliphatic heterocycles. The van der Waals surface area contributed by atoms with Gasteiger partial charge in [-0.25, -0.2) is 4.98 Å². The Bertz CT molecular complexity index is 460. The third-order valence-electron chi connectivity index (χ3n) is 2.84. The van der Waals surface area contributed by atoms with E-state index in [1.165, 1.54) is 18.5 Å². The zero-order valence-electron chi connectivity index (χ0n) is 10.4. The van der Waals surface area contributed by atoms with Crippen LogP contribution < -0.4 is 0 Å². The Morgan fingerprint density at radius 3 is 2.83 bits per heavy atom. The van der Waals surface area contributed by atoms with Gasteiger partial charge < -0.3 is 14.5 Å². The topological polar surface area (TPSA) is 47.1 Å². The lowest BCUT2D eigenvalue weighted by Gasteiger charge is -2.08. The lowest BCUT2D eigenvalue weighted by Crippen LogP contribution is -2.08. The molecule has 1 aliphatic carbocycles. The molecule has 1 saturated carbocycles. The van der Waals surface area contributed by atoms with E-state index in [1.54, 1.807) is 7.11 Å². The molecule has 0 bridgehead atoms. The lowest BCUT2D eigenvalue weighted by atomic mass is 10.3. The second-order valence-electron chi connectivity index (χ2n) is 4.35. The van der Waals surface area contributed by atoms with Crippen LogP contribution in [0.5, 0.6) is 0 Å². The third-order valence-corrected chi connectivity index (χ3v) is 4.20. The van der Waals surface area contributed by atoms with Gasteiger partial charge in [-0.05, 0) is 28.8 Å². The molecule has 2 rings (SSSR count). The summed E-state index contributed by atoms with van der Waals surface area (Å²) in [5, 5.41) is 0. The number of aromatic amines is 1. The molecule has 0 unspecified atom stereocenters. The zero-order valence-corrected chi connectivity index (χ0v) is 12.8. The SMILES string of the molecule is COCCOCCc1nc(=S)c(Br)c(C2CC2)[nH]1. The molecule has 18 heavy (non-hydrogen) atoms. The van der Waals surface area contributed by atoms with Crippen LogP contribution in [-0.2, 0) is 15.9 Å². The van der Waals surface area contributed by atoms with Crippen LogP contribution in [0, 0.1) is 4.64 Å². The number of methoxy groups -OCH3 is 1. The van der Waals surface area contributed by atoms with Crippen LogP contribution in [-0.4, -0.2) is 36.9 Å². The van der Waals surface area contributed by atoms with Gasteiger partial charge in [-0.3, -0.25) is 0 Å². The molecule has 100 valence electrons. The number of hydrogen-bond acceptors (Lipinski definition) is 4. The molecule has 0 atom stereocenters. The minimum atomic E-state index is 0.614. The van der Waals surface area contributed by atoms with E-state index < -0.39 is 0 Å². The summed E-state index contributed by atoms with van der Waals surface area (Å²) in [5.74, 6) is 1.53. The summed E-state index contributed by atoms with van der Waals surface area (Å²) >= 11 is 8.77. The van der Waals surface area contributed by atoms with Crippen molar-refractivity contribution in [2.24, 2.45) is 0 Å². The van der Waals surface area contributed by atoms with Gasteiger partial charge in [0.2, 0.25) is 0 Å². The Morgan fingerprint density at radius 2 is 2.17 bits per heavy atom. The monoisotopic (exact) mass is 332 g/mol. The van der Waals surface area contributed by atoms with Gasteiger partial charge in [-0.2, -0.15) is 0 Å². The van der Waals surface area contributed by atoms with Crippen molar-refractivity contribution in [3.8, 4) is 0 Å². The summed E-state index contributed by atoms with van der Waals surface area (Å²) in [7, 11) is 1.67. The zero-order chi connectivity index (χ0) is 13.0. The second-order valence-corrected chi connectivity index (χ2v) is 5.53. The van der Waals surface area contributed by atoms with Crippen LogP contribution in [0.4, 0.5) is 0 Å². The van der Waals surface area contributed by atoms with Crippen LogP contribution in [0.15, 0.2) is 4.47 Å². The van der Waals surface area contributed by atoms with Gasteiger partial charge in [0.05, 0.1) is 24.3 Å². The Labute approximate surface area is 120 Å². The summed E-state index contributed by atoms with van der Waals surface area (Å²) in [4.78, 5) is 7.73. The molecular weight excluding hydrogens is 316 g/mol. The third kappa shape index (κ3) is 3.85. The van der Waals surface area contributed by atoms with Crippen molar-refractivity contribution in [1.82, 2.24) is 9.97 Å². The number of nitrogens with zero attached hydrogens (tertiary/aromatic N) is 1. The maximum Gasteiger partial charge on any atom is 0.144 e. The maximum absolute atomic E-state index is 5.43. The van der Waals surface area contributed by atoms with Crippen LogP contribution >= 0.6 is 28.1 Å². The van der Waals surface area contributed by atoms with Gasteiger partial charge in [-0.15, -0.1) is 0 Å². The fourth-order valence-electron chi connectivity index (χ4n) is 1.71. The van der Waals surface area contributed by atoms with Gasteiger partial charge >= 0.3 is 0 Å². The quantitative estimate of drug-likeness (QED) is 0.616. The fourth-order valence-corrected chi connectivity index (χ4v) is 2.44. The van der Waals surface area contributed by atoms with E-state index in [4.69, 9.17) is 21.7 Å². The standard InChI is InChI=1S/C12H17BrN2O2S/c1-16-6-7-17-5-4-9-14-11(8-2-3-8)10(13)12(18)15-9/h8H,2-7H2,1H3,(H,14,15,18). The van der Waals surface area contributed by atoms with Crippen molar-refractivity contribution in [2.45, 2.75) is 25.2 Å². The molecule has 1 aliphatic rings. The summed E-state index contributed by atoms with van der Waals surface area (Å²) in [6, 6.07) is 0. The Balaban J connectivity index is 1.94. The lowest BCUT2D eigenvalue weighted by molar-refractivity contribution is 0.0716. The van der Waals surface area contributed by atoms with E-state index in [2.05, 4.69) is 25.9 Å². The predicted molar refractivity (Wildman–Crippen MR) is 75.5 cm³/mol. The van der Waals surface area contributed by atoms with Crippen LogP contribution in [0.25, 0.3) is 0 Å². The number of nitrogens with one attached hydrogen (secondary N) is 1. The number of aromatic nitrogens is 2. The number of halogens is 1. The first-order valence-corrected chi connectivity index (χ1v) is 7.27. The van der Waals surface area contributed by atoms with E-state index in [-0.39, 0.29) is 0 Å². The van der Waals surface area contributed by atoms with E-state index in [1.807, 2.05) is 0 Å². The summed E-state index contributed by atoms with van der Waals surface area (Å²) in [6.07, 6.45) is 3.22. The van der Waals surface area contributed by atoms with E-state index in [0.717, 1.165) is 16.7 Å². The van der Waals surface area contributed by atoms with E-state index >= 15 is 0 Å². The molecule has 1 fully saturated rings. The van der Waals surface area contributed by atoms with Gasteiger partial charge in [0, 0.05) is 25.1 Å². The highest BCUT2D eigenvalue weighted by Gasteiger charge is 2.27. The highest BCUT2D eigenvalue weighted by Crippen LogP contribution is 2.42. The number of rotatable bonds is 7. The molecule has 0 amide bonds. The average Bonchev–Trinajstić information content (AvgIpc) is 3.17. The van der Waals surface area contributed by atoms with Gasteiger partial charge in [-0.1, -0.05) is 12.2 Å². The molecule has 0 saturated heterocycles. The summed E-state index contributed by atoms with van der Waals surface area (Å²) in [5.41, 5.74) is 1.20. The normalized spacial score (nSPS) is 15.0. The van der Waals surface area contributed by atoms with Crippen molar-refractivity contribution in [3.05, 3.63) is 20.6 Å². The predicted octanol–water partition coefficient (Wildman–Crippen LogP) is 2.98. The maximum atomic E-state index is 5.43. The van der Waals surface area contributed by atoms with Crippen molar-refractivity contribution in [2.75, 3.05) is 26.9 Å². The fraction of sp³-hybridized carbons (Fsp3) is 0.667. The molecule has 1 heterocycles. The van der Waals surface area contributed by atoms with Gasteiger partial charge in [0.25, 0.3) is 0 Å². The molecule has 0 radical (unpaired) electrons. The molecular formula is C12H17BrN2O2S. The highest BCUT2D eigenvalue weighted by molar-refractivity contribution is 9.10. The van der Waals surface area contributed by atoms with E-state index in [0.29, 0.717) is 30.4 Å². The Kier molecular flexibility index (Phi) is 5.29. The van der Waals surface area contributed by atoms with E-state index in [9.17, 15) is 0 Å². The minimum absolute atomic E-state index is 0.614. The Morgan fingerprint density at radius 1 is 1.39 bits per heavy atom. The first-order chi connectivity index (χ1) is 8.72. The smallest absolute Gasteiger partial charge is 0.144 e. The molecule has 1 aromatic rings. The number of H-pyrrole nitrogens is 1. The highest BCUT2D eigenvalue weighted by atomic mass is 79.9. The van der Waals surface area contributed by atoms with Crippen molar-refractivity contribution < 1.29 is 9.47 Å². The molecule has 1 aromatic heterocycles. The van der Waals surface area contributed by atoms with Crippen LogP contribution in [0.1, 0.15) is 30.3 Å².